The summed E-state index contributed by atoms with van der Waals surface area (Å²) in [6.45, 7) is 1.65. The van der Waals surface area contributed by atoms with E-state index in [2.05, 4.69) is 0 Å². The SMILES string of the molecule is COCCN1CCC2(CCN(S(=O)(=O)c3ccc(C(F)(F)F)cc3)C2)C1=O. The second kappa shape index (κ2) is 7.06. The molecule has 0 radical (unpaired) electrons. The summed E-state index contributed by atoms with van der Waals surface area (Å²) in [7, 11) is -2.41. The first-order valence-electron chi connectivity index (χ1n) is 8.56. The molecule has 1 amide bonds. The molecule has 1 atom stereocenters. The van der Waals surface area contributed by atoms with Crippen LogP contribution in [-0.4, -0.2) is 63.4 Å². The predicted octanol–water partition coefficient (Wildman–Crippen LogP) is 1.96. The number of nitrogens with zero attached hydrogens (tertiary/aromatic N) is 2. The molecule has 27 heavy (non-hydrogen) atoms. The van der Waals surface area contributed by atoms with E-state index in [0.29, 0.717) is 32.5 Å². The summed E-state index contributed by atoms with van der Waals surface area (Å²) in [5, 5.41) is 0. The van der Waals surface area contributed by atoms with Crippen LogP contribution in [0.1, 0.15) is 18.4 Å². The highest BCUT2D eigenvalue weighted by Gasteiger charge is 2.52. The number of amides is 1. The first kappa shape index (κ1) is 20.1. The van der Waals surface area contributed by atoms with Crippen LogP contribution in [0.2, 0.25) is 0 Å². The number of carbonyl (C=O) groups is 1. The molecule has 0 aliphatic carbocycles. The van der Waals surface area contributed by atoms with Gasteiger partial charge in [-0.25, -0.2) is 8.42 Å². The molecule has 3 rings (SSSR count). The van der Waals surface area contributed by atoms with Gasteiger partial charge in [-0.2, -0.15) is 17.5 Å². The van der Waals surface area contributed by atoms with Crippen LogP contribution in [0.25, 0.3) is 0 Å². The van der Waals surface area contributed by atoms with Crippen LogP contribution < -0.4 is 0 Å². The minimum absolute atomic E-state index is 0.0542. The van der Waals surface area contributed by atoms with Crippen molar-refractivity contribution in [3.8, 4) is 0 Å². The zero-order valence-electron chi connectivity index (χ0n) is 14.8. The van der Waals surface area contributed by atoms with Crippen molar-refractivity contribution in [3.05, 3.63) is 29.8 Å². The lowest BCUT2D eigenvalue weighted by Crippen LogP contribution is -2.39. The molecule has 1 spiro atoms. The number of sulfonamides is 1. The van der Waals surface area contributed by atoms with Crippen LogP contribution in [0, 0.1) is 5.41 Å². The van der Waals surface area contributed by atoms with Crippen molar-refractivity contribution in [1.82, 2.24) is 9.21 Å². The Labute approximate surface area is 155 Å². The van der Waals surface area contributed by atoms with Crippen LogP contribution in [0.4, 0.5) is 13.2 Å². The molecule has 150 valence electrons. The minimum Gasteiger partial charge on any atom is -0.383 e. The second-order valence-electron chi connectivity index (χ2n) is 6.93. The number of likely N-dealkylation sites (tertiary alicyclic amines) is 1. The molecule has 0 aromatic heterocycles. The minimum atomic E-state index is -4.53. The van der Waals surface area contributed by atoms with Gasteiger partial charge in [-0.05, 0) is 37.1 Å². The maximum atomic E-state index is 12.8. The molecular formula is C17H21F3N2O4S. The fourth-order valence-electron chi connectivity index (χ4n) is 3.69. The Morgan fingerprint density at radius 3 is 2.37 bits per heavy atom. The van der Waals surface area contributed by atoms with E-state index in [1.165, 1.54) is 4.31 Å². The molecule has 2 aliphatic heterocycles. The van der Waals surface area contributed by atoms with E-state index in [4.69, 9.17) is 4.74 Å². The molecule has 10 heteroatoms. The Kier molecular flexibility index (Phi) is 5.26. The van der Waals surface area contributed by atoms with Crippen molar-refractivity contribution < 1.29 is 31.1 Å². The third-order valence-electron chi connectivity index (χ3n) is 5.30. The zero-order valence-corrected chi connectivity index (χ0v) is 15.6. The largest absolute Gasteiger partial charge is 0.416 e. The van der Waals surface area contributed by atoms with Crippen molar-refractivity contribution in [3.63, 3.8) is 0 Å². The normalized spacial score (nSPS) is 24.3. The number of carbonyl (C=O) groups excluding carboxylic acids is 1. The van der Waals surface area contributed by atoms with Crippen LogP contribution in [0.15, 0.2) is 29.2 Å². The van der Waals surface area contributed by atoms with Gasteiger partial charge in [0.25, 0.3) is 0 Å². The van der Waals surface area contributed by atoms with E-state index in [1.807, 2.05) is 0 Å². The molecule has 0 bridgehead atoms. The molecule has 2 fully saturated rings. The van der Waals surface area contributed by atoms with Crippen molar-refractivity contribution in [2.75, 3.05) is 39.9 Å². The van der Waals surface area contributed by atoms with Gasteiger partial charge in [0.1, 0.15) is 0 Å². The lowest BCUT2D eigenvalue weighted by atomic mass is 9.86. The Bertz CT molecular complexity index is 810. The van der Waals surface area contributed by atoms with Gasteiger partial charge in [0.2, 0.25) is 15.9 Å². The lowest BCUT2D eigenvalue weighted by Gasteiger charge is -2.23. The van der Waals surface area contributed by atoms with Crippen LogP contribution in [-0.2, 0) is 25.7 Å². The Balaban J connectivity index is 1.75. The Hall–Kier alpha value is -1.65. The maximum Gasteiger partial charge on any atom is 0.416 e. The Morgan fingerprint density at radius 1 is 1.15 bits per heavy atom. The standard InChI is InChI=1S/C17H21F3N2O4S/c1-26-11-10-21-8-6-16(15(21)23)7-9-22(12-16)27(24,25)14-4-2-13(3-5-14)17(18,19)20/h2-5H,6-12H2,1H3. The van der Waals surface area contributed by atoms with Crippen molar-refractivity contribution in [1.29, 1.82) is 0 Å². The molecule has 2 aliphatic rings. The summed E-state index contributed by atoms with van der Waals surface area (Å²) in [4.78, 5) is 14.2. The number of halogens is 3. The maximum absolute atomic E-state index is 12.8. The van der Waals surface area contributed by atoms with E-state index >= 15 is 0 Å². The van der Waals surface area contributed by atoms with Gasteiger partial charge < -0.3 is 9.64 Å². The van der Waals surface area contributed by atoms with Gasteiger partial charge in [0.15, 0.2) is 0 Å². The molecular weight excluding hydrogens is 385 g/mol. The molecule has 2 saturated heterocycles. The average molecular weight is 406 g/mol. The van der Waals surface area contributed by atoms with Crippen molar-refractivity contribution in [2.24, 2.45) is 5.41 Å². The van der Waals surface area contributed by atoms with Crippen molar-refractivity contribution >= 4 is 15.9 Å². The summed E-state index contributed by atoms with van der Waals surface area (Å²) in [6, 6.07) is 3.44. The van der Waals surface area contributed by atoms with E-state index in [-0.39, 0.29) is 23.9 Å². The third kappa shape index (κ3) is 3.70. The van der Waals surface area contributed by atoms with Gasteiger partial charge in [-0.1, -0.05) is 0 Å². The third-order valence-corrected chi connectivity index (χ3v) is 7.16. The van der Waals surface area contributed by atoms with Gasteiger partial charge in [0, 0.05) is 33.3 Å². The lowest BCUT2D eigenvalue weighted by molar-refractivity contribution is -0.137. The van der Waals surface area contributed by atoms with Crippen LogP contribution in [0.5, 0.6) is 0 Å². The first-order chi connectivity index (χ1) is 12.6. The summed E-state index contributed by atoms with van der Waals surface area (Å²) in [5.74, 6) is -0.0790. The van der Waals surface area contributed by atoms with Gasteiger partial charge in [-0.3, -0.25) is 4.79 Å². The van der Waals surface area contributed by atoms with Gasteiger partial charge in [0.05, 0.1) is 22.5 Å². The number of methoxy groups -OCH3 is 1. The quantitative estimate of drug-likeness (QED) is 0.750. The van der Waals surface area contributed by atoms with Gasteiger partial charge >= 0.3 is 6.18 Å². The van der Waals surface area contributed by atoms with Crippen molar-refractivity contribution in [2.45, 2.75) is 23.9 Å². The highest BCUT2D eigenvalue weighted by Crippen LogP contribution is 2.42. The fourth-order valence-corrected chi connectivity index (χ4v) is 5.22. The van der Waals surface area contributed by atoms with Crippen LogP contribution in [0.3, 0.4) is 0 Å². The van der Waals surface area contributed by atoms with E-state index < -0.39 is 27.2 Å². The van der Waals surface area contributed by atoms with Gasteiger partial charge in [-0.15, -0.1) is 0 Å². The smallest absolute Gasteiger partial charge is 0.383 e. The molecule has 0 saturated carbocycles. The molecule has 1 aromatic rings. The molecule has 0 N–H and O–H groups in total. The Morgan fingerprint density at radius 2 is 1.78 bits per heavy atom. The average Bonchev–Trinajstić information content (AvgIpc) is 3.19. The number of hydrogen-bond acceptors (Lipinski definition) is 4. The van der Waals surface area contributed by atoms with E-state index in [1.54, 1.807) is 12.0 Å². The highest BCUT2D eigenvalue weighted by atomic mass is 32.2. The topological polar surface area (TPSA) is 66.9 Å². The fraction of sp³-hybridized carbons (Fsp3) is 0.588. The summed E-state index contributed by atoms with van der Waals surface area (Å²) >= 11 is 0. The first-order valence-corrected chi connectivity index (χ1v) is 10.00. The zero-order chi connectivity index (χ0) is 19.9. The number of ether oxygens (including phenoxy) is 1. The number of hydrogen-bond donors (Lipinski definition) is 0. The second-order valence-corrected chi connectivity index (χ2v) is 8.86. The monoisotopic (exact) mass is 406 g/mol. The van der Waals surface area contributed by atoms with E-state index in [9.17, 15) is 26.4 Å². The predicted molar refractivity (Wildman–Crippen MR) is 90.3 cm³/mol. The molecule has 6 nitrogen and oxygen atoms in total. The molecule has 1 aromatic carbocycles. The number of alkyl halides is 3. The summed E-state index contributed by atoms with van der Waals surface area (Å²) in [5.41, 5.74) is -1.65. The van der Waals surface area contributed by atoms with E-state index in [0.717, 1.165) is 24.3 Å². The summed E-state index contributed by atoms with van der Waals surface area (Å²) in [6.07, 6.45) is -3.55. The summed E-state index contributed by atoms with van der Waals surface area (Å²) < 4.78 is 69.8. The highest BCUT2D eigenvalue weighted by molar-refractivity contribution is 7.89. The number of rotatable bonds is 5. The molecule has 2 heterocycles. The van der Waals surface area contributed by atoms with Crippen LogP contribution >= 0.6 is 0 Å². The molecule has 1 unspecified atom stereocenters. The number of benzene rings is 1.